The van der Waals surface area contributed by atoms with Crippen molar-refractivity contribution in [3.63, 3.8) is 0 Å². The van der Waals surface area contributed by atoms with Crippen molar-refractivity contribution in [2.45, 2.75) is 6.04 Å². The Balaban J connectivity index is 1.71. The van der Waals surface area contributed by atoms with Gasteiger partial charge in [0, 0.05) is 37.2 Å². The second-order valence-electron chi connectivity index (χ2n) is 7.14. The number of rotatable bonds is 4. The lowest BCUT2D eigenvalue weighted by atomic mass is 9.89. The van der Waals surface area contributed by atoms with Crippen LogP contribution in [0.1, 0.15) is 22.0 Å². The van der Waals surface area contributed by atoms with Gasteiger partial charge in [0.15, 0.2) is 0 Å². The molecule has 2 saturated heterocycles. The van der Waals surface area contributed by atoms with Gasteiger partial charge in [-0.1, -0.05) is 12.1 Å². The normalized spacial score (nSPS) is 24.0. The number of carbonyl (C=O) groups is 1. The molecular formula is C21H23FN2O3. The molecule has 2 aliphatic heterocycles. The van der Waals surface area contributed by atoms with Gasteiger partial charge in [-0.2, -0.15) is 0 Å². The van der Waals surface area contributed by atoms with Crippen molar-refractivity contribution in [3.8, 4) is 11.5 Å². The molecule has 5 nitrogen and oxygen atoms in total. The molecule has 2 aromatic carbocycles. The summed E-state index contributed by atoms with van der Waals surface area (Å²) in [5.41, 5.74) is 1.36. The lowest BCUT2D eigenvalue weighted by Crippen LogP contribution is -2.34. The number of amides is 1. The number of ether oxygens (including phenoxy) is 2. The van der Waals surface area contributed by atoms with E-state index in [2.05, 4.69) is 5.32 Å². The van der Waals surface area contributed by atoms with E-state index in [1.807, 2.05) is 11.0 Å². The average molecular weight is 370 g/mol. The predicted octanol–water partition coefficient (Wildman–Crippen LogP) is 2.88. The first kappa shape index (κ1) is 17.8. The molecule has 1 amide bonds. The SMILES string of the molecule is COc1cc(OC)cc(C(=O)N2C[C@@H]3CNC[C@@H]3[C@H]2c2cccc(F)c2)c1. The molecular weight excluding hydrogens is 347 g/mol. The van der Waals surface area contributed by atoms with E-state index in [9.17, 15) is 9.18 Å². The van der Waals surface area contributed by atoms with Crippen LogP contribution in [-0.4, -0.2) is 44.7 Å². The number of nitrogens with one attached hydrogen (secondary N) is 1. The molecule has 2 aromatic rings. The van der Waals surface area contributed by atoms with Crippen LogP contribution >= 0.6 is 0 Å². The fourth-order valence-corrected chi connectivity index (χ4v) is 4.34. The second kappa shape index (κ2) is 7.19. The van der Waals surface area contributed by atoms with E-state index in [4.69, 9.17) is 9.47 Å². The van der Waals surface area contributed by atoms with Gasteiger partial charge in [-0.15, -0.1) is 0 Å². The Morgan fingerprint density at radius 2 is 1.85 bits per heavy atom. The summed E-state index contributed by atoms with van der Waals surface area (Å²) in [6.45, 7) is 2.36. The molecule has 0 saturated carbocycles. The van der Waals surface area contributed by atoms with Gasteiger partial charge in [0.1, 0.15) is 17.3 Å². The second-order valence-corrected chi connectivity index (χ2v) is 7.14. The minimum Gasteiger partial charge on any atom is -0.497 e. The van der Waals surface area contributed by atoms with E-state index in [0.717, 1.165) is 18.7 Å². The van der Waals surface area contributed by atoms with Crippen LogP contribution in [0.15, 0.2) is 42.5 Å². The van der Waals surface area contributed by atoms with E-state index in [1.165, 1.54) is 12.1 Å². The number of methoxy groups -OCH3 is 2. The summed E-state index contributed by atoms with van der Waals surface area (Å²) in [7, 11) is 3.12. The van der Waals surface area contributed by atoms with Crippen molar-refractivity contribution in [2.24, 2.45) is 11.8 Å². The van der Waals surface area contributed by atoms with E-state index in [0.29, 0.717) is 29.5 Å². The lowest BCUT2D eigenvalue weighted by molar-refractivity contribution is 0.0713. The highest BCUT2D eigenvalue weighted by molar-refractivity contribution is 5.95. The summed E-state index contributed by atoms with van der Waals surface area (Å²) >= 11 is 0. The van der Waals surface area contributed by atoms with Crippen molar-refractivity contribution < 1.29 is 18.7 Å². The minimum atomic E-state index is -0.280. The topological polar surface area (TPSA) is 50.8 Å². The zero-order valence-electron chi connectivity index (χ0n) is 15.4. The molecule has 27 heavy (non-hydrogen) atoms. The molecule has 2 fully saturated rings. The number of nitrogens with zero attached hydrogens (tertiary/aromatic N) is 1. The summed E-state index contributed by atoms with van der Waals surface area (Å²) in [6.07, 6.45) is 0. The Morgan fingerprint density at radius 1 is 1.11 bits per heavy atom. The third kappa shape index (κ3) is 3.25. The molecule has 1 N–H and O–H groups in total. The van der Waals surface area contributed by atoms with Crippen LogP contribution in [-0.2, 0) is 0 Å². The maximum Gasteiger partial charge on any atom is 0.254 e. The van der Waals surface area contributed by atoms with Crippen molar-refractivity contribution in [2.75, 3.05) is 33.9 Å². The minimum absolute atomic E-state index is 0.0872. The molecule has 0 aliphatic carbocycles. The van der Waals surface area contributed by atoms with Crippen LogP contribution in [0, 0.1) is 17.7 Å². The van der Waals surface area contributed by atoms with E-state index >= 15 is 0 Å². The van der Waals surface area contributed by atoms with Gasteiger partial charge in [-0.25, -0.2) is 4.39 Å². The van der Waals surface area contributed by atoms with Crippen molar-refractivity contribution in [1.82, 2.24) is 10.2 Å². The summed E-state index contributed by atoms with van der Waals surface area (Å²) < 4.78 is 24.5. The zero-order valence-corrected chi connectivity index (χ0v) is 15.4. The standard InChI is InChI=1S/C21H23FN2O3/c1-26-17-7-14(8-18(9-17)27-2)21(25)24-12-15-10-23-11-19(15)20(24)13-4-3-5-16(22)6-13/h3-9,15,19-20,23H,10-12H2,1-2H3/t15-,19-,20+/m0/s1. The Hall–Kier alpha value is -2.60. The Bertz CT molecular complexity index is 835. The summed E-state index contributed by atoms with van der Waals surface area (Å²) in [5, 5.41) is 3.40. The lowest BCUT2D eigenvalue weighted by Gasteiger charge is -2.29. The summed E-state index contributed by atoms with van der Waals surface area (Å²) in [4.78, 5) is 15.3. The molecule has 142 valence electrons. The quantitative estimate of drug-likeness (QED) is 0.899. The molecule has 0 radical (unpaired) electrons. The Kier molecular flexibility index (Phi) is 4.74. The average Bonchev–Trinajstić information content (AvgIpc) is 3.27. The molecule has 0 unspecified atom stereocenters. The molecule has 3 atom stereocenters. The van der Waals surface area contributed by atoms with Gasteiger partial charge in [-0.3, -0.25) is 4.79 Å². The number of fused-ring (bicyclic) bond motifs is 1. The molecule has 2 aliphatic rings. The predicted molar refractivity (Wildman–Crippen MR) is 99.6 cm³/mol. The zero-order chi connectivity index (χ0) is 19.0. The first-order valence-corrected chi connectivity index (χ1v) is 9.11. The highest BCUT2D eigenvalue weighted by Crippen LogP contribution is 2.43. The number of benzene rings is 2. The van der Waals surface area contributed by atoms with E-state index in [-0.39, 0.29) is 23.7 Å². The van der Waals surface area contributed by atoms with Crippen LogP contribution in [0.2, 0.25) is 0 Å². The molecule has 4 rings (SSSR count). The van der Waals surface area contributed by atoms with E-state index in [1.54, 1.807) is 38.5 Å². The molecule has 6 heteroatoms. The van der Waals surface area contributed by atoms with Crippen molar-refractivity contribution in [3.05, 3.63) is 59.4 Å². The van der Waals surface area contributed by atoms with Crippen molar-refractivity contribution in [1.29, 1.82) is 0 Å². The first-order chi connectivity index (χ1) is 13.1. The van der Waals surface area contributed by atoms with Crippen LogP contribution < -0.4 is 14.8 Å². The monoisotopic (exact) mass is 370 g/mol. The number of carbonyl (C=O) groups excluding carboxylic acids is 1. The van der Waals surface area contributed by atoms with Crippen molar-refractivity contribution >= 4 is 5.91 Å². The number of halogens is 1. The fraction of sp³-hybridized carbons (Fsp3) is 0.381. The maximum atomic E-state index is 13.9. The van der Waals surface area contributed by atoms with Gasteiger partial charge in [0.2, 0.25) is 0 Å². The maximum absolute atomic E-state index is 13.9. The van der Waals surface area contributed by atoms with Crippen LogP contribution in [0.4, 0.5) is 4.39 Å². The molecule has 0 spiro atoms. The Labute approximate surface area is 158 Å². The largest absolute Gasteiger partial charge is 0.497 e. The third-order valence-corrected chi connectivity index (χ3v) is 5.61. The number of hydrogen-bond acceptors (Lipinski definition) is 4. The molecule has 2 heterocycles. The van der Waals surface area contributed by atoms with Crippen LogP contribution in [0.5, 0.6) is 11.5 Å². The Morgan fingerprint density at radius 3 is 2.52 bits per heavy atom. The smallest absolute Gasteiger partial charge is 0.254 e. The number of likely N-dealkylation sites (tertiary alicyclic amines) is 1. The first-order valence-electron chi connectivity index (χ1n) is 9.11. The summed E-state index contributed by atoms with van der Waals surface area (Å²) in [5.74, 6) is 1.42. The van der Waals surface area contributed by atoms with Gasteiger partial charge in [0.25, 0.3) is 5.91 Å². The highest BCUT2D eigenvalue weighted by atomic mass is 19.1. The summed E-state index contributed by atoms with van der Waals surface area (Å²) in [6, 6.07) is 11.6. The van der Waals surface area contributed by atoms with Gasteiger partial charge >= 0.3 is 0 Å². The third-order valence-electron chi connectivity index (χ3n) is 5.61. The molecule has 0 bridgehead atoms. The van der Waals surface area contributed by atoms with Crippen LogP contribution in [0.25, 0.3) is 0 Å². The fourth-order valence-electron chi connectivity index (χ4n) is 4.34. The van der Waals surface area contributed by atoms with Gasteiger partial charge < -0.3 is 19.7 Å². The van der Waals surface area contributed by atoms with Gasteiger partial charge in [0.05, 0.1) is 20.3 Å². The number of hydrogen-bond donors (Lipinski definition) is 1. The molecule has 0 aromatic heterocycles. The van der Waals surface area contributed by atoms with Gasteiger partial charge in [-0.05, 0) is 35.7 Å². The van der Waals surface area contributed by atoms with Crippen LogP contribution in [0.3, 0.4) is 0 Å². The van der Waals surface area contributed by atoms with E-state index < -0.39 is 0 Å². The highest BCUT2D eigenvalue weighted by Gasteiger charge is 2.47.